The number of thiol groups is 1. The Bertz CT molecular complexity index is 348. The van der Waals surface area contributed by atoms with Crippen LogP contribution in [0.25, 0.3) is 0 Å². The summed E-state index contributed by atoms with van der Waals surface area (Å²) in [7, 11) is 0. The second kappa shape index (κ2) is 8.21. The number of carbonyl (C=O) groups is 2. The SMILES string of the molecule is CC1CC2C(=O)N(CCCCCCCCCS)C(=O)C2C1. The van der Waals surface area contributed by atoms with Gasteiger partial charge >= 0.3 is 0 Å². The van der Waals surface area contributed by atoms with Crippen LogP contribution in [-0.4, -0.2) is 29.0 Å². The second-order valence-electron chi connectivity index (χ2n) is 6.82. The molecule has 120 valence electrons. The Balaban J connectivity index is 1.61. The third kappa shape index (κ3) is 4.24. The van der Waals surface area contributed by atoms with Crippen LogP contribution in [0.15, 0.2) is 0 Å². The Hall–Kier alpha value is -0.510. The maximum absolute atomic E-state index is 12.3. The van der Waals surface area contributed by atoms with E-state index in [4.69, 9.17) is 0 Å². The molecule has 2 rings (SSSR count). The molecule has 2 fully saturated rings. The van der Waals surface area contributed by atoms with Crippen LogP contribution in [0.2, 0.25) is 0 Å². The van der Waals surface area contributed by atoms with Gasteiger partial charge in [-0.05, 0) is 37.4 Å². The van der Waals surface area contributed by atoms with Crippen molar-refractivity contribution >= 4 is 24.4 Å². The molecule has 0 bridgehead atoms. The molecular weight excluding hydrogens is 282 g/mol. The summed E-state index contributed by atoms with van der Waals surface area (Å²) in [5, 5.41) is 0. The molecule has 0 N–H and O–H groups in total. The van der Waals surface area contributed by atoms with Gasteiger partial charge in [0.1, 0.15) is 0 Å². The van der Waals surface area contributed by atoms with Crippen molar-refractivity contribution in [2.24, 2.45) is 17.8 Å². The fourth-order valence-corrected chi connectivity index (χ4v) is 4.06. The van der Waals surface area contributed by atoms with Crippen LogP contribution in [0.1, 0.15) is 64.7 Å². The van der Waals surface area contributed by atoms with E-state index in [0.29, 0.717) is 12.5 Å². The first-order valence-electron chi connectivity index (χ1n) is 8.61. The highest BCUT2D eigenvalue weighted by Gasteiger charge is 2.51. The molecule has 21 heavy (non-hydrogen) atoms. The number of likely N-dealkylation sites (tertiary alicyclic amines) is 1. The minimum Gasteiger partial charge on any atom is -0.282 e. The highest BCUT2D eigenvalue weighted by Crippen LogP contribution is 2.42. The summed E-state index contributed by atoms with van der Waals surface area (Å²) in [6.07, 6.45) is 10.2. The number of hydrogen-bond donors (Lipinski definition) is 1. The van der Waals surface area contributed by atoms with E-state index in [9.17, 15) is 9.59 Å². The molecule has 0 radical (unpaired) electrons. The van der Waals surface area contributed by atoms with E-state index in [1.165, 1.54) is 32.1 Å². The van der Waals surface area contributed by atoms with Gasteiger partial charge in [-0.15, -0.1) is 0 Å². The Morgan fingerprint density at radius 1 is 0.905 bits per heavy atom. The lowest BCUT2D eigenvalue weighted by Gasteiger charge is -2.16. The van der Waals surface area contributed by atoms with Crippen molar-refractivity contribution in [1.82, 2.24) is 4.90 Å². The minimum atomic E-state index is 0.00809. The summed E-state index contributed by atoms with van der Waals surface area (Å²) in [4.78, 5) is 26.1. The lowest BCUT2D eigenvalue weighted by atomic mass is 10.00. The number of unbranched alkanes of at least 4 members (excludes halogenated alkanes) is 6. The van der Waals surface area contributed by atoms with E-state index >= 15 is 0 Å². The fourth-order valence-electron chi connectivity index (χ4n) is 3.83. The van der Waals surface area contributed by atoms with E-state index in [1.54, 1.807) is 4.90 Å². The number of carbonyl (C=O) groups excluding carboxylic acids is 2. The fraction of sp³-hybridized carbons (Fsp3) is 0.882. The summed E-state index contributed by atoms with van der Waals surface area (Å²) in [5.41, 5.74) is 0. The third-order valence-corrected chi connectivity index (χ3v) is 5.32. The minimum absolute atomic E-state index is 0.00809. The molecule has 2 unspecified atom stereocenters. The van der Waals surface area contributed by atoms with Gasteiger partial charge in [0.15, 0.2) is 0 Å². The molecule has 4 heteroatoms. The van der Waals surface area contributed by atoms with Gasteiger partial charge < -0.3 is 0 Å². The molecular formula is C17H29NO2S. The molecule has 0 aromatic heterocycles. The predicted octanol–water partition coefficient (Wildman–Crippen LogP) is 3.68. The molecule has 2 atom stereocenters. The molecule has 2 aliphatic rings. The lowest BCUT2D eigenvalue weighted by molar-refractivity contribution is -0.140. The maximum Gasteiger partial charge on any atom is 0.233 e. The van der Waals surface area contributed by atoms with Crippen LogP contribution in [-0.2, 0) is 9.59 Å². The number of imide groups is 1. The Kier molecular flexibility index (Phi) is 6.59. The highest BCUT2D eigenvalue weighted by atomic mass is 32.1. The molecule has 1 saturated carbocycles. The standard InChI is InChI=1S/C17H29NO2S/c1-13-11-14-15(12-13)17(20)18(16(14)19)9-7-5-3-2-4-6-8-10-21/h13-15,21H,2-12H2,1H3. The van der Waals surface area contributed by atoms with Crippen molar-refractivity contribution in [3.05, 3.63) is 0 Å². The van der Waals surface area contributed by atoms with Crippen molar-refractivity contribution in [2.45, 2.75) is 64.7 Å². The molecule has 2 amide bonds. The van der Waals surface area contributed by atoms with Gasteiger partial charge in [-0.2, -0.15) is 12.6 Å². The van der Waals surface area contributed by atoms with Gasteiger partial charge in [-0.1, -0.05) is 39.0 Å². The predicted molar refractivity (Wildman–Crippen MR) is 88.3 cm³/mol. The molecule has 3 nitrogen and oxygen atoms in total. The van der Waals surface area contributed by atoms with Crippen LogP contribution < -0.4 is 0 Å². The van der Waals surface area contributed by atoms with Crippen LogP contribution in [0.3, 0.4) is 0 Å². The molecule has 1 saturated heterocycles. The average molecular weight is 311 g/mol. The monoisotopic (exact) mass is 311 g/mol. The topological polar surface area (TPSA) is 37.4 Å². The molecule has 1 aliphatic heterocycles. The Morgan fingerprint density at radius 2 is 1.38 bits per heavy atom. The van der Waals surface area contributed by atoms with E-state index in [2.05, 4.69) is 19.6 Å². The second-order valence-corrected chi connectivity index (χ2v) is 7.26. The number of fused-ring (bicyclic) bond motifs is 1. The summed E-state index contributed by atoms with van der Waals surface area (Å²) >= 11 is 4.21. The molecule has 0 aromatic carbocycles. The van der Waals surface area contributed by atoms with Crippen LogP contribution in [0.5, 0.6) is 0 Å². The largest absolute Gasteiger partial charge is 0.282 e. The number of hydrogen-bond acceptors (Lipinski definition) is 3. The number of amides is 2. The van der Waals surface area contributed by atoms with E-state index in [0.717, 1.165) is 31.4 Å². The van der Waals surface area contributed by atoms with Gasteiger partial charge in [0, 0.05) is 6.54 Å². The zero-order valence-corrected chi connectivity index (χ0v) is 14.1. The zero-order chi connectivity index (χ0) is 15.2. The van der Waals surface area contributed by atoms with Crippen molar-refractivity contribution in [3.8, 4) is 0 Å². The van der Waals surface area contributed by atoms with E-state index in [1.807, 2.05) is 0 Å². The first-order chi connectivity index (χ1) is 10.1. The maximum atomic E-state index is 12.3. The molecule has 1 aliphatic carbocycles. The Labute approximate surface area is 134 Å². The van der Waals surface area contributed by atoms with Crippen molar-refractivity contribution < 1.29 is 9.59 Å². The quantitative estimate of drug-likeness (QED) is 0.401. The van der Waals surface area contributed by atoms with Gasteiger partial charge in [-0.25, -0.2) is 0 Å². The van der Waals surface area contributed by atoms with Gasteiger partial charge in [0.25, 0.3) is 0 Å². The normalized spacial score (nSPS) is 28.5. The van der Waals surface area contributed by atoms with Gasteiger partial charge in [0.2, 0.25) is 11.8 Å². The van der Waals surface area contributed by atoms with Crippen molar-refractivity contribution in [3.63, 3.8) is 0 Å². The first kappa shape index (κ1) is 16.9. The van der Waals surface area contributed by atoms with Gasteiger partial charge in [-0.3, -0.25) is 14.5 Å². The highest BCUT2D eigenvalue weighted by molar-refractivity contribution is 7.80. The van der Waals surface area contributed by atoms with Crippen LogP contribution >= 0.6 is 12.6 Å². The smallest absolute Gasteiger partial charge is 0.233 e. The average Bonchev–Trinajstić information content (AvgIpc) is 2.94. The number of rotatable bonds is 9. The molecule has 1 heterocycles. The molecule has 0 aromatic rings. The van der Waals surface area contributed by atoms with Crippen molar-refractivity contribution in [2.75, 3.05) is 12.3 Å². The lowest BCUT2D eigenvalue weighted by Crippen LogP contribution is -2.33. The summed E-state index contributed by atoms with van der Waals surface area (Å²) in [5.74, 6) is 1.76. The van der Waals surface area contributed by atoms with Gasteiger partial charge in [0.05, 0.1) is 11.8 Å². The van der Waals surface area contributed by atoms with Crippen LogP contribution in [0.4, 0.5) is 0 Å². The number of nitrogens with zero attached hydrogens (tertiary/aromatic N) is 1. The summed E-state index contributed by atoms with van der Waals surface area (Å²) in [6.45, 7) is 2.80. The molecule has 0 spiro atoms. The van der Waals surface area contributed by atoms with Crippen LogP contribution in [0, 0.1) is 17.8 Å². The summed E-state index contributed by atoms with van der Waals surface area (Å²) < 4.78 is 0. The van der Waals surface area contributed by atoms with Crippen molar-refractivity contribution in [1.29, 1.82) is 0 Å². The third-order valence-electron chi connectivity index (χ3n) is 5.00. The summed E-state index contributed by atoms with van der Waals surface area (Å²) in [6, 6.07) is 0. The van der Waals surface area contributed by atoms with E-state index in [-0.39, 0.29) is 23.7 Å². The first-order valence-corrected chi connectivity index (χ1v) is 9.24. The van der Waals surface area contributed by atoms with E-state index < -0.39 is 0 Å². The zero-order valence-electron chi connectivity index (χ0n) is 13.2. The Morgan fingerprint density at radius 3 is 1.90 bits per heavy atom.